The molecule has 2 aliphatic rings. The lowest BCUT2D eigenvalue weighted by Crippen LogP contribution is -2.44. The fourth-order valence-corrected chi connectivity index (χ4v) is 2.87. The number of halogens is 1. The van der Waals surface area contributed by atoms with Gasteiger partial charge in [-0.15, -0.1) is 12.4 Å². The molecule has 2 amide bonds. The SMILES string of the molecule is CNCC(=O)N1CCC(C(=O)Nc2ccc3c(c2)OCO3)CC1.Cl. The number of ether oxygens (including phenoxy) is 2. The predicted octanol–water partition coefficient (Wildman–Crippen LogP) is 1.23. The van der Waals surface area contributed by atoms with Gasteiger partial charge in [-0.2, -0.15) is 0 Å². The van der Waals surface area contributed by atoms with Crippen LogP contribution in [0.25, 0.3) is 0 Å². The second kappa shape index (κ2) is 8.21. The summed E-state index contributed by atoms with van der Waals surface area (Å²) in [5.41, 5.74) is 0.702. The smallest absolute Gasteiger partial charge is 0.236 e. The zero-order valence-corrected chi connectivity index (χ0v) is 14.4. The number of anilines is 1. The van der Waals surface area contributed by atoms with E-state index < -0.39 is 0 Å². The Morgan fingerprint density at radius 3 is 2.62 bits per heavy atom. The first kappa shape index (κ1) is 18.4. The monoisotopic (exact) mass is 355 g/mol. The molecular formula is C16H22ClN3O4. The molecule has 1 aromatic rings. The molecule has 2 aliphatic heterocycles. The molecule has 8 heteroatoms. The van der Waals surface area contributed by atoms with E-state index in [1.54, 1.807) is 30.1 Å². The number of likely N-dealkylation sites (tertiary alicyclic amines) is 1. The van der Waals surface area contributed by atoms with Crippen LogP contribution in [0.1, 0.15) is 12.8 Å². The molecule has 24 heavy (non-hydrogen) atoms. The summed E-state index contributed by atoms with van der Waals surface area (Å²) >= 11 is 0. The molecule has 0 saturated carbocycles. The van der Waals surface area contributed by atoms with Crippen molar-refractivity contribution in [2.24, 2.45) is 5.92 Å². The quantitative estimate of drug-likeness (QED) is 0.849. The molecule has 0 aliphatic carbocycles. The summed E-state index contributed by atoms with van der Waals surface area (Å²) in [6.07, 6.45) is 1.37. The van der Waals surface area contributed by atoms with Crippen LogP contribution in [0, 0.1) is 5.92 Å². The Balaban J connectivity index is 0.00000208. The lowest BCUT2D eigenvalue weighted by molar-refractivity contribution is -0.133. The standard InChI is InChI=1S/C16H21N3O4.ClH/c1-17-9-15(20)19-6-4-11(5-7-19)16(21)18-12-2-3-13-14(8-12)23-10-22-13;/h2-3,8,11,17H,4-7,9-10H2,1H3,(H,18,21);1H. The summed E-state index contributed by atoms with van der Waals surface area (Å²) in [7, 11) is 1.75. The molecule has 0 aromatic heterocycles. The van der Waals surface area contributed by atoms with Crippen LogP contribution in [0.15, 0.2) is 18.2 Å². The van der Waals surface area contributed by atoms with Gasteiger partial charge >= 0.3 is 0 Å². The minimum absolute atomic E-state index is 0. The van der Waals surface area contributed by atoms with Gasteiger partial charge in [0.05, 0.1) is 6.54 Å². The van der Waals surface area contributed by atoms with Gasteiger partial charge in [-0.25, -0.2) is 0 Å². The van der Waals surface area contributed by atoms with Crippen molar-refractivity contribution in [3.63, 3.8) is 0 Å². The van der Waals surface area contributed by atoms with Crippen LogP contribution in [0.4, 0.5) is 5.69 Å². The fraction of sp³-hybridized carbons (Fsp3) is 0.500. The number of amides is 2. The maximum atomic E-state index is 12.4. The van der Waals surface area contributed by atoms with E-state index in [2.05, 4.69) is 10.6 Å². The van der Waals surface area contributed by atoms with E-state index in [1.807, 2.05) is 0 Å². The number of piperidine rings is 1. The van der Waals surface area contributed by atoms with Crippen LogP contribution in [0.3, 0.4) is 0 Å². The van der Waals surface area contributed by atoms with Crippen molar-refractivity contribution in [3.05, 3.63) is 18.2 Å². The summed E-state index contributed by atoms with van der Waals surface area (Å²) in [5, 5.41) is 5.78. The molecule has 1 fully saturated rings. The molecule has 0 spiro atoms. The number of hydrogen-bond donors (Lipinski definition) is 2. The number of hydrogen-bond acceptors (Lipinski definition) is 5. The van der Waals surface area contributed by atoms with Gasteiger partial charge in [0.25, 0.3) is 0 Å². The Bertz CT molecular complexity index is 603. The van der Waals surface area contributed by atoms with Gasteiger partial charge in [0.15, 0.2) is 11.5 Å². The second-order valence-electron chi connectivity index (χ2n) is 5.74. The Morgan fingerprint density at radius 1 is 1.21 bits per heavy atom. The van der Waals surface area contributed by atoms with Crippen molar-refractivity contribution in [2.45, 2.75) is 12.8 Å². The van der Waals surface area contributed by atoms with E-state index in [0.717, 1.165) is 0 Å². The zero-order chi connectivity index (χ0) is 16.2. The molecule has 0 radical (unpaired) electrons. The average molecular weight is 356 g/mol. The Labute approximate surface area is 147 Å². The van der Waals surface area contributed by atoms with Crippen molar-refractivity contribution in [3.8, 4) is 11.5 Å². The third kappa shape index (κ3) is 4.10. The summed E-state index contributed by atoms with van der Waals surface area (Å²) < 4.78 is 10.6. The molecule has 1 saturated heterocycles. The van der Waals surface area contributed by atoms with E-state index in [4.69, 9.17) is 9.47 Å². The van der Waals surface area contributed by atoms with Crippen molar-refractivity contribution < 1.29 is 19.1 Å². The van der Waals surface area contributed by atoms with Crippen molar-refractivity contribution in [1.29, 1.82) is 0 Å². The summed E-state index contributed by atoms with van der Waals surface area (Å²) in [6, 6.07) is 5.36. The Morgan fingerprint density at radius 2 is 1.92 bits per heavy atom. The number of carbonyl (C=O) groups is 2. The molecule has 2 N–H and O–H groups in total. The molecule has 132 valence electrons. The van der Waals surface area contributed by atoms with E-state index >= 15 is 0 Å². The van der Waals surface area contributed by atoms with E-state index in [9.17, 15) is 9.59 Å². The van der Waals surface area contributed by atoms with Crippen molar-refractivity contribution >= 4 is 29.9 Å². The molecule has 7 nitrogen and oxygen atoms in total. The maximum absolute atomic E-state index is 12.4. The normalized spacial score (nSPS) is 16.5. The van der Waals surface area contributed by atoms with Crippen LogP contribution in [-0.4, -0.2) is 50.2 Å². The minimum Gasteiger partial charge on any atom is -0.454 e. The van der Waals surface area contributed by atoms with E-state index in [1.165, 1.54) is 0 Å². The van der Waals surface area contributed by atoms with Gasteiger partial charge in [-0.05, 0) is 32.0 Å². The number of rotatable bonds is 4. The summed E-state index contributed by atoms with van der Waals surface area (Å²) in [6.45, 7) is 1.80. The number of carbonyl (C=O) groups excluding carboxylic acids is 2. The maximum Gasteiger partial charge on any atom is 0.236 e. The number of likely N-dealkylation sites (N-methyl/N-ethyl adjacent to an activating group) is 1. The molecule has 3 rings (SSSR count). The highest BCUT2D eigenvalue weighted by atomic mass is 35.5. The highest BCUT2D eigenvalue weighted by molar-refractivity contribution is 5.93. The Hall–Kier alpha value is -1.99. The molecule has 0 bridgehead atoms. The highest BCUT2D eigenvalue weighted by Gasteiger charge is 2.27. The van der Waals surface area contributed by atoms with E-state index in [0.29, 0.717) is 49.7 Å². The largest absolute Gasteiger partial charge is 0.454 e. The lowest BCUT2D eigenvalue weighted by atomic mass is 9.95. The van der Waals surface area contributed by atoms with Crippen LogP contribution < -0.4 is 20.1 Å². The highest BCUT2D eigenvalue weighted by Crippen LogP contribution is 2.34. The van der Waals surface area contributed by atoms with Gasteiger partial charge in [0.1, 0.15) is 0 Å². The third-order valence-corrected chi connectivity index (χ3v) is 4.19. The van der Waals surface area contributed by atoms with Crippen LogP contribution in [0.2, 0.25) is 0 Å². The number of nitrogens with zero attached hydrogens (tertiary/aromatic N) is 1. The molecule has 0 unspecified atom stereocenters. The van der Waals surface area contributed by atoms with Gasteiger partial charge in [-0.3, -0.25) is 9.59 Å². The van der Waals surface area contributed by atoms with Gasteiger partial charge in [0.2, 0.25) is 18.6 Å². The van der Waals surface area contributed by atoms with Crippen LogP contribution >= 0.6 is 12.4 Å². The summed E-state index contributed by atoms with van der Waals surface area (Å²) in [4.78, 5) is 26.0. The zero-order valence-electron chi connectivity index (χ0n) is 13.5. The second-order valence-corrected chi connectivity index (χ2v) is 5.74. The van der Waals surface area contributed by atoms with E-state index in [-0.39, 0.29) is 36.9 Å². The number of fused-ring (bicyclic) bond motifs is 1. The Kier molecular flexibility index (Phi) is 6.28. The predicted molar refractivity (Wildman–Crippen MR) is 91.7 cm³/mol. The fourth-order valence-electron chi connectivity index (χ4n) is 2.87. The van der Waals surface area contributed by atoms with Gasteiger partial charge in [0, 0.05) is 30.8 Å². The first-order valence-corrected chi connectivity index (χ1v) is 7.80. The average Bonchev–Trinajstić information content (AvgIpc) is 3.03. The van der Waals surface area contributed by atoms with Gasteiger partial charge < -0.3 is 25.0 Å². The summed E-state index contributed by atoms with van der Waals surface area (Å²) in [5.74, 6) is 1.35. The molecular weight excluding hydrogens is 334 g/mol. The topological polar surface area (TPSA) is 79.9 Å². The minimum atomic E-state index is -0.0703. The number of nitrogens with one attached hydrogen (secondary N) is 2. The first-order chi connectivity index (χ1) is 11.2. The molecule has 1 aromatic carbocycles. The van der Waals surface area contributed by atoms with Crippen LogP contribution in [-0.2, 0) is 9.59 Å². The third-order valence-electron chi connectivity index (χ3n) is 4.19. The lowest BCUT2D eigenvalue weighted by Gasteiger charge is -2.31. The van der Waals surface area contributed by atoms with Crippen LogP contribution in [0.5, 0.6) is 11.5 Å². The van der Waals surface area contributed by atoms with Crippen molar-refractivity contribution in [2.75, 3.05) is 38.8 Å². The molecule has 2 heterocycles. The first-order valence-electron chi connectivity index (χ1n) is 7.80. The molecule has 0 atom stereocenters. The van der Waals surface area contributed by atoms with Crippen molar-refractivity contribution in [1.82, 2.24) is 10.2 Å². The van der Waals surface area contributed by atoms with Gasteiger partial charge in [-0.1, -0.05) is 0 Å². The number of benzene rings is 1.